The molecular weight excluding hydrogens is 234 g/mol. The average Bonchev–Trinajstić information content (AvgIpc) is 2.29. The van der Waals surface area contributed by atoms with Crippen molar-refractivity contribution >= 4 is 5.97 Å². The monoisotopic (exact) mass is 259 g/mol. The number of nitrogens with one attached hydrogen (secondary N) is 1. The third-order valence-corrected chi connectivity index (χ3v) is 2.27. The minimum absolute atomic E-state index is 0.267. The van der Waals surface area contributed by atoms with Gasteiger partial charge in [0.1, 0.15) is 0 Å². The lowest BCUT2D eigenvalue weighted by Crippen LogP contribution is -2.29. The van der Waals surface area contributed by atoms with Gasteiger partial charge in [-0.05, 0) is 26.8 Å². The second-order valence-corrected chi connectivity index (χ2v) is 4.72. The van der Waals surface area contributed by atoms with Crippen molar-refractivity contribution in [3.8, 4) is 0 Å². The van der Waals surface area contributed by atoms with E-state index in [0.717, 1.165) is 6.54 Å². The van der Waals surface area contributed by atoms with Gasteiger partial charge in [-0.25, -0.2) is 5.84 Å². The Morgan fingerprint density at radius 2 is 2.22 bits per heavy atom. The van der Waals surface area contributed by atoms with Crippen LogP contribution in [0.15, 0.2) is 12.3 Å². The standard InChI is InChI=1S/C12H25N3O3/c1-12(2,17)6-8-14-7-4-9-15(13)10-5-11(16)18-3/h4,9,14,17H,5-8,10,13H2,1-3H3. The quantitative estimate of drug-likeness (QED) is 0.234. The molecule has 0 aliphatic rings. The number of hydrogen-bond acceptors (Lipinski definition) is 6. The molecule has 0 aliphatic carbocycles. The highest BCUT2D eigenvalue weighted by Crippen LogP contribution is 2.04. The summed E-state index contributed by atoms with van der Waals surface area (Å²) in [5.74, 6) is 5.36. The molecule has 4 N–H and O–H groups in total. The molecule has 0 aromatic carbocycles. The van der Waals surface area contributed by atoms with Crippen molar-refractivity contribution in [1.82, 2.24) is 10.3 Å². The summed E-state index contributed by atoms with van der Waals surface area (Å²) in [5, 5.41) is 14.1. The van der Waals surface area contributed by atoms with E-state index in [0.29, 0.717) is 19.5 Å². The number of rotatable bonds is 9. The van der Waals surface area contributed by atoms with Gasteiger partial charge in [-0.2, -0.15) is 0 Å². The topological polar surface area (TPSA) is 87.8 Å². The molecule has 6 heteroatoms. The predicted molar refractivity (Wildman–Crippen MR) is 70.5 cm³/mol. The van der Waals surface area contributed by atoms with E-state index in [1.165, 1.54) is 12.1 Å². The zero-order valence-corrected chi connectivity index (χ0v) is 11.5. The van der Waals surface area contributed by atoms with Crippen molar-refractivity contribution in [3.05, 3.63) is 12.3 Å². The molecule has 0 aliphatic heterocycles. The predicted octanol–water partition coefficient (Wildman–Crippen LogP) is -0.0105. The number of methoxy groups -OCH3 is 1. The maximum atomic E-state index is 10.9. The summed E-state index contributed by atoms with van der Waals surface area (Å²) in [6, 6.07) is 0. The zero-order valence-electron chi connectivity index (χ0n) is 11.5. The molecule has 0 fully saturated rings. The van der Waals surface area contributed by atoms with Crippen molar-refractivity contribution in [2.24, 2.45) is 5.84 Å². The molecule has 18 heavy (non-hydrogen) atoms. The van der Waals surface area contributed by atoms with Gasteiger partial charge in [0.25, 0.3) is 0 Å². The van der Waals surface area contributed by atoms with Gasteiger partial charge < -0.3 is 20.2 Å². The number of hydrazine groups is 1. The summed E-state index contributed by atoms with van der Waals surface area (Å²) in [5.41, 5.74) is -0.642. The van der Waals surface area contributed by atoms with Crippen LogP contribution in [0.25, 0.3) is 0 Å². The third kappa shape index (κ3) is 11.4. The Labute approximate surface area is 109 Å². The Kier molecular flexibility index (Phi) is 8.36. The van der Waals surface area contributed by atoms with Crippen molar-refractivity contribution in [2.45, 2.75) is 32.3 Å². The van der Waals surface area contributed by atoms with Crippen molar-refractivity contribution in [2.75, 3.05) is 26.7 Å². The van der Waals surface area contributed by atoms with E-state index in [1.807, 2.05) is 6.08 Å². The fourth-order valence-corrected chi connectivity index (χ4v) is 1.16. The minimum Gasteiger partial charge on any atom is -0.469 e. The van der Waals surface area contributed by atoms with E-state index in [-0.39, 0.29) is 12.4 Å². The first-order valence-electron chi connectivity index (χ1n) is 6.03. The first-order chi connectivity index (χ1) is 8.35. The maximum absolute atomic E-state index is 10.9. The average molecular weight is 259 g/mol. The third-order valence-electron chi connectivity index (χ3n) is 2.27. The number of carbonyl (C=O) groups is 1. The number of hydrogen-bond donors (Lipinski definition) is 3. The molecule has 0 saturated heterocycles. The molecule has 0 aromatic heterocycles. The fourth-order valence-electron chi connectivity index (χ4n) is 1.16. The molecule has 0 atom stereocenters. The molecule has 0 spiro atoms. The van der Waals surface area contributed by atoms with Crippen molar-refractivity contribution < 1.29 is 14.6 Å². The summed E-state index contributed by atoms with van der Waals surface area (Å²) >= 11 is 0. The van der Waals surface area contributed by atoms with Crippen LogP contribution in [0.4, 0.5) is 0 Å². The largest absolute Gasteiger partial charge is 0.469 e. The summed E-state index contributed by atoms with van der Waals surface area (Å²) in [4.78, 5) is 10.9. The maximum Gasteiger partial charge on any atom is 0.307 e. The lowest BCUT2D eigenvalue weighted by molar-refractivity contribution is -0.140. The number of nitrogens with zero attached hydrogens (tertiary/aromatic N) is 1. The van der Waals surface area contributed by atoms with Gasteiger partial charge in [-0.3, -0.25) is 4.79 Å². The van der Waals surface area contributed by atoms with Crippen LogP contribution in [-0.4, -0.2) is 48.4 Å². The normalized spacial score (nSPS) is 11.8. The molecule has 0 amide bonds. The van der Waals surface area contributed by atoms with Gasteiger partial charge in [-0.15, -0.1) is 0 Å². The smallest absolute Gasteiger partial charge is 0.307 e. The Balaban J connectivity index is 3.54. The Morgan fingerprint density at radius 3 is 2.78 bits per heavy atom. The molecule has 0 heterocycles. The lowest BCUT2D eigenvalue weighted by Gasteiger charge is -2.16. The van der Waals surface area contributed by atoms with Crippen LogP contribution in [-0.2, 0) is 9.53 Å². The van der Waals surface area contributed by atoms with Gasteiger partial charge in [0.05, 0.1) is 19.1 Å². The fraction of sp³-hybridized carbons (Fsp3) is 0.750. The number of carbonyl (C=O) groups excluding carboxylic acids is 1. The number of esters is 1. The van der Waals surface area contributed by atoms with E-state index >= 15 is 0 Å². The van der Waals surface area contributed by atoms with E-state index in [9.17, 15) is 9.90 Å². The minimum atomic E-state index is -0.642. The van der Waals surface area contributed by atoms with Crippen LogP contribution in [0.3, 0.4) is 0 Å². The summed E-state index contributed by atoms with van der Waals surface area (Å²) in [7, 11) is 1.35. The number of nitrogens with two attached hydrogens (primary N) is 1. The Morgan fingerprint density at radius 1 is 1.56 bits per heavy atom. The molecule has 0 saturated carbocycles. The molecule has 0 aromatic rings. The summed E-state index contributed by atoms with van der Waals surface area (Å²) in [6.45, 7) is 5.38. The first-order valence-corrected chi connectivity index (χ1v) is 6.03. The van der Waals surface area contributed by atoms with Crippen LogP contribution in [0, 0.1) is 0 Å². The number of ether oxygens (including phenoxy) is 1. The van der Waals surface area contributed by atoms with Gasteiger partial charge in [0.2, 0.25) is 0 Å². The van der Waals surface area contributed by atoms with Crippen LogP contribution in [0.1, 0.15) is 26.7 Å². The van der Waals surface area contributed by atoms with E-state index < -0.39 is 5.60 Å². The summed E-state index contributed by atoms with van der Waals surface area (Å²) in [6.07, 6.45) is 4.53. The SMILES string of the molecule is COC(=O)CCN(N)C=CCNCCC(C)(C)O. The van der Waals surface area contributed by atoms with E-state index in [4.69, 9.17) is 5.84 Å². The molecule has 0 bridgehead atoms. The highest BCUT2D eigenvalue weighted by atomic mass is 16.5. The lowest BCUT2D eigenvalue weighted by atomic mass is 10.1. The van der Waals surface area contributed by atoms with E-state index in [2.05, 4.69) is 10.1 Å². The first kappa shape index (κ1) is 16.9. The van der Waals surface area contributed by atoms with Gasteiger partial charge in [0, 0.05) is 19.3 Å². The van der Waals surface area contributed by atoms with Gasteiger partial charge in [-0.1, -0.05) is 6.08 Å². The van der Waals surface area contributed by atoms with Crippen LogP contribution >= 0.6 is 0 Å². The van der Waals surface area contributed by atoms with Crippen LogP contribution < -0.4 is 11.2 Å². The molecule has 0 unspecified atom stereocenters. The second kappa shape index (κ2) is 8.91. The van der Waals surface area contributed by atoms with Crippen molar-refractivity contribution in [3.63, 3.8) is 0 Å². The number of aliphatic hydroxyl groups is 1. The Hall–Kier alpha value is -1.11. The van der Waals surface area contributed by atoms with Crippen molar-refractivity contribution in [1.29, 1.82) is 0 Å². The highest BCUT2D eigenvalue weighted by Gasteiger charge is 2.10. The second-order valence-electron chi connectivity index (χ2n) is 4.72. The molecule has 106 valence electrons. The molecule has 0 radical (unpaired) electrons. The molecule has 6 nitrogen and oxygen atoms in total. The Bertz CT molecular complexity index is 262. The van der Waals surface area contributed by atoms with E-state index in [1.54, 1.807) is 20.0 Å². The molecular formula is C12H25N3O3. The summed E-state index contributed by atoms with van der Waals surface area (Å²) < 4.78 is 4.51. The molecule has 0 rings (SSSR count). The van der Waals surface area contributed by atoms with Crippen LogP contribution in [0.5, 0.6) is 0 Å². The zero-order chi connectivity index (χ0) is 14.0. The van der Waals surface area contributed by atoms with Gasteiger partial charge in [0.15, 0.2) is 0 Å². The van der Waals surface area contributed by atoms with Crippen LogP contribution in [0.2, 0.25) is 0 Å². The van der Waals surface area contributed by atoms with Gasteiger partial charge >= 0.3 is 5.97 Å². The highest BCUT2D eigenvalue weighted by molar-refractivity contribution is 5.69.